The van der Waals surface area contributed by atoms with Gasteiger partial charge in [-0.25, -0.2) is 0 Å². The highest BCUT2D eigenvalue weighted by molar-refractivity contribution is 7.07. The summed E-state index contributed by atoms with van der Waals surface area (Å²) < 4.78 is 0. The molecule has 1 heterocycles. The first kappa shape index (κ1) is 13.8. The Balaban J connectivity index is 1.70. The van der Waals surface area contributed by atoms with E-state index in [1.54, 1.807) is 11.3 Å². The number of hydrogen-bond acceptors (Lipinski definition) is 3. The summed E-state index contributed by atoms with van der Waals surface area (Å²) in [6.07, 6.45) is 0. The summed E-state index contributed by atoms with van der Waals surface area (Å²) in [6.45, 7) is 2.98. The molecular weight excluding hydrogens is 256 g/mol. The molecular formula is C15H18N2OS. The topological polar surface area (TPSA) is 41.1 Å². The van der Waals surface area contributed by atoms with Gasteiger partial charge in [0, 0.05) is 12.6 Å². The Morgan fingerprint density at radius 3 is 2.74 bits per heavy atom. The fourth-order valence-corrected chi connectivity index (χ4v) is 2.50. The Kier molecular flexibility index (Phi) is 5.12. The molecule has 1 atom stereocenters. The Bertz CT molecular complexity index is 496. The van der Waals surface area contributed by atoms with Crippen molar-refractivity contribution in [1.82, 2.24) is 10.6 Å². The van der Waals surface area contributed by atoms with Crippen LogP contribution in [0.15, 0.2) is 47.2 Å². The van der Waals surface area contributed by atoms with Crippen LogP contribution in [-0.2, 0) is 11.3 Å². The minimum absolute atomic E-state index is 0.0194. The molecule has 2 N–H and O–H groups in total. The van der Waals surface area contributed by atoms with Gasteiger partial charge < -0.3 is 10.6 Å². The van der Waals surface area contributed by atoms with Gasteiger partial charge in [0.25, 0.3) is 0 Å². The molecule has 1 aromatic carbocycles. The quantitative estimate of drug-likeness (QED) is 0.850. The summed E-state index contributed by atoms with van der Waals surface area (Å²) in [4.78, 5) is 11.7. The smallest absolute Gasteiger partial charge is 0.234 e. The van der Waals surface area contributed by atoms with Gasteiger partial charge in [-0.3, -0.25) is 4.79 Å². The fourth-order valence-electron chi connectivity index (χ4n) is 1.74. The van der Waals surface area contributed by atoms with E-state index < -0.39 is 0 Å². The van der Waals surface area contributed by atoms with Gasteiger partial charge in [-0.1, -0.05) is 30.3 Å². The van der Waals surface area contributed by atoms with Crippen LogP contribution in [0.4, 0.5) is 0 Å². The van der Waals surface area contributed by atoms with Crippen LogP contribution < -0.4 is 10.6 Å². The second-order valence-electron chi connectivity index (χ2n) is 4.42. The summed E-state index contributed by atoms with van der Waals surface area (Å²) in [5.74, 6) is 0.0194. The Morgan fingerprint density at radius 2 is 2.05 bits per heavy atom. The average molecular weight is 274 g/mol. The average Bonchev–Trinajstić information content (AvgIpc) is 2.98. The molecule has 0 radical (unpaired) electrons. The van der Waals surface area contributed by atoms with Crippen LogP contribution in [0.2, 0.25) is 0 Å². The number of nitrogens with one attached hydrogen (secondary N) is 2. The van der Waals surface area contributed by atoms with E-state index in [2.05, 4.69) is 29.0 Å². The zero-order valence-corrected chi connectivity index (χ0v) is 11.7. The zero-order chi connectivity index (χ0) is 13.5. The van der Waals surface area contributed by atoms with Gasteiger partial charge in [-0.05, 0) is 34.9 Å². The van der Waals surface area contributed by atoms with Crippen molar-refractivity contribution in [2.24, 2.45) is 0 Å². The van der Waals surface area contributed by atoms with Crippen molar-refractivity contribution in [2.45, 2.75) is 19.5 Å². The molecule has 0 bridgehead atoms. The summed E-state index contributed by atoms with van der Waals surface area (Å²) in [7, 11) is 0. The number of benzene rings is 1. The van der Waals surface area contributed by atoms with Gasteiger partial charge in [0.05, 0.1) is 6.54 Å². The van der Waals surface area contributed by atoms with Gasteiger partial charge in [0.2, 0.25) is 5.91 Å². The molecule has 100 valence electrons. The molecule has 0 aliphatic rings. The van der Waals surface area contributed by atoms with E-state index in [1.165, 1.54) is 5.56 Å². The number of hydrogen-bond donors (Lipinski definition) is 2. The highest BCUT2D eigenvalue weighted by Crippen LogP contribution is 2.14. The predicted octanol–water partition coefficient (Wildman–Crippen LogP) is 2.72. The van der Waals surface area contributed by atoms with Gasteiger partial charge in [-0.15, -0.1) is 0 Å². The normalized spacial score (nSPS) is 12.1. The lowest BCUT2D eigenvalue weighted by molar-refractivity contribution is -0.120. The van der Waals surface area contributed by atoms with Crippen LogP contribution in [0.3, 0.4) is 0 Å². The van der Waals surface area contributed by atoms with E-state index in [0.29, 0.717) is 13.1 Å². The van der Waals surface area contributed by atoms with Crippen molar-refractivity contribution in [1.29, 1.82) is 0 Å². The van der Waals surface area contributed by atoms with Crippen molar-refractivity contribution in [2.75, 3.05) is 6.54 Å². The van der Waals surface area contributed by atoms with Crippen molar-refractivity contribution < 1.29 is 4.79 Å². The maximum absolute atomic E-state index is 11.7. The Morgan fingerprint density at radius 1 is 1.26 bits per heavy atom. The third-order valence-electron chi connectivity index (χ3n) is 2.94. The predicted molar refractivity (Wildman–Crippen MR) is 79.0 cm³/mol. The third kappa shape index (κ3) is 4.50. The van der Waals surface area contributed by atoms with Crippen LogP contribution >= 0.6 is 11.3 Å². The lowest BCUT2D eigenvalue weighted by Crippen LogP contribution is -2.34. The van der Waals surface area contributed by atoms with Crippen molar-refractivity contribution >= 4 is 17.2 Å². The SMILES string of the molecule is CC(NCC(=O)NCc1ccccc1)c1ccsc1. The van der Waals surface area contributed by atoms with E-state index in [9.17, 15) is 4.79 Å². The van der Waals surface area contributed by atoms with Crippen molar-refractivity contribution in [3.8, 4) is 0 Å². The van der Waals surface area contributed by atoms with Crippen LogP contribution in [0.5, 0.6) is 0 Å². The second kappa shape index (κ2) is 7.07. The van der Waals surface area contributed by atoms with Gasteiger partial charge >= 0.3 is 0 Å². The van der Waals surface area contributed by atoms with E-state index in [0.717, 1.165) is 5.56 Å². The number of carbonyl (C=O) groups excluding carboxylic acids is 1. The Hall–Kier alpha value is -1.65. The third-order valence-corrected chi connectivity index (χ3v) is 3.65. The molecule has 0 saturated heterocycles. The first-order valence-electron chi connectivity index (χ1n) is 6.32. The van der Waals surface area contributed by atoms with Crippen LogP contribution in [0.25, 0.3) is 0 Å². The molecule has 19 heavy (non-hydrogen) atoms. The van der Waals surface area contributed by atoms with E-state index in [-0.39, 0.29) is 11.9 Å². The molecule has 0 fully saturated rings. The van der Waals surface area contributed by atoms with Gasteiger partial charge in [0.15, 0.2) is 0 Å². The summed E-state index contributed by atoms with van der Waals surface area (Å²) in [6, 6.07) is 12.2. The summed E-state index contributed by atoms with van der Waals surface area (Å²) in [5, 5.41) is 10.3. The molecule has 0 aliphatic carbocycles. The number of amides is 1. The molecule has 0 spiro atoms. The van der Waals surface area contributed by atoms with Crippen LogP contribution in [0.1, 0.15) is 24.1 Å². The van der Waals surface area contributed by atoms with Crippen molar-refractivity contribution in [3.05, 3.63) is 58.3 Å². The number of carbonyl (C=O) groups is 1. The molecule has 0 aliphatic heterocycles. The largest absolute Gasteiger partial charge is 0.351 e. The molecule has 2 rings (SSSR count). The zero-order valence-electron chi connectivity index (χ0n) is 10.9. The molecule has 4 heteroatoms. The molecule has 3 nitrogen and oxygen atoms in total. The second-order valence-corrected chi connectivity index (χ2v) is 5.20. The lowest BCUT2D eigenvalue weighted by atomic mass is 10.2. The summed E-state index contributed by atoms with van der Waals surface area (Å²) in [5.41, 5.74) is 2.34. The fraction of sp³-hybridized carbons (Fsp3) is 0.267. The molecule has 1 amide bonds. The molecule has 2 aromatic rings. The summed E-state index contributed by atoms with van der Waals surface area (Å²) >= 11 is 1.67. The monoisotopic (exact) mass is 274 g/mol. The number of rotatable bonds is 6. The standard InChI is InChI=1S/C15H18N2OS/c1-12(14-7-8-19-11-14)16-10-15(18)17-9-13-5-3-2-4-6-13/h2-8,11-12,16H,9-10H2,1H3,(H,17,18). The first-order valence-corrected chi connectivity index (χ1v) is 7.26. The highest BCUT2D eigenvalue weighted by Gasteiger charge is 2.07. The molecule has 1 aromatic heterocycles. The van der Waals surface area contributed by atoms with Crippen molar-refractivity contribution in [3.63, 3.8) is 0 Å². The highest BCUT2D eigenvalue weighted by atomic mass is 32.1. The minimum atomic E-state index is 0.0194. The van der Waals surface area contributed by atoms with Crippen LogP contribution in [-0.4, -0.2) is 12.5 Å². The van der Waals surface area contributed by atoms with E-state index in [1.807, 2.05) is 35.7 Å². The van der Waals surface area contributed by atoms with E-state index in [4.69, 9.17) is 0 Å². The minimum Gasteiger partial charge on any atom is -0.351 e. The maximum atomic E-state index is 11.7. The Labute approximate surface area is 117 Å². The molecule has 1 unspecified atom stereocenters. The molecule has 0 saturated carbocycles. The van der Waals surface area contributed by atoms with Gasteiger partial charge in [0.1, 0.15) is 0 Å². The van der Waals surface area contributed by atoms with Crippen LogP contribution in [0, 0.1) is 0 Å². The van der Waals surface area contributed by atoms with E-state index >= 15 is 0 Å². The lowest BCUT2D eigenvalue weighted by Gasteiger charge is -2.12. The maximum Gasteiger partial charge on any atom is 0.234 e. The first-order chi connectivity index (χ1) is 9.25. The van der Waals surface area contributed by atoms with Gasteiger partial charge in [-0.2, -0.15) is 11.3 Å². The number of thiophene rings is 1.